The Balaban J connectivity index is 1.48. The molecule has 0 saturated carbocycles. The number of benzene rings is 2. The van der Waals surface area contributed by atoms with Gasteiger partial charge in [-0.3, -0.25) is 9.89 Å². The Morgan fingerprint density at radius 1 is 1.12 bits per heavy atom. The molecule has 0 saturated heterocycles. The van der Waals surface area contributed by atoms with Crippen LogP contribution in [0.2, 0.25) is 0 Å². The number of carbonyl (C=O) groups excluding carboxylic acids is 1. The SMILES string of the molecule is O=C(NCC#Cc1ccccc1)c1ccc(CSc2ncn[nH]2)cc1. The summed E-state index contributed by atoms with van der Waals surface area (Å²) < 4.78 is 0. The highest BCUT2D eigenvalue weighted by Crippen LogP contribution is 2.18. The van der Waals surface area contributed by atoms with Crippen LogP contribution in [0.15, 0.2) is 66.1 Å². The number of hydrogen-bond donors (Lipinski definition) is 2. The van der Waals surface area contributed by atoms with Crippen molar-refractivity contribution < 1.29 is 4.79 Å². The molecule has 3 rings (SSSR count). The highest BCUT2D eigenvalue weighted by atomic mass is 32.2. The van der Waals surface area contributed by atoms with Gasteiger partial charge in [-0.05, 0) is 29.8 Å². The van der Waals surface area contributed by atoms with E-state index in [9.17, 15) is 4.79 Å². The van der Waals surface area contributed by atoms with E-state index in [4.69, 9.17) is 0 Å². The van der Waals surface area contributed by atoms with Crippen molar-refractivity contribution in [1.82, 2.24) is 20.5 Å². The second kappa shape index (κ2) is 8.71. The summed E-state index contributed by atoms with van der Waals surface area (Å²) >= 11 is 1.56. The van der Waals surface area contributed by atoms with Crippen molar-refractivity contribution in [3.05, 3.63) is 77.6 Å². The molecular weight excluding hydrogens is 332 g/mol. The van der Waals surface area contributed by atoms with E-state index in [1.807, 2.05) is 54.6 Å². The maximum atomic E-state index is 12.1. The van der Waals surface area contributed by atoms with Crippen LogP contribution < -0.4 is 5.32 Å². The number of aromatic nitrogens is 3. The minimum Gasteiger partial charge on any atom is -0.341 e. The Morgan fingerprint density at radius 2 is 1.92 bits per heavy atom. The lowest BCUT2D eigenvalue weighted by molar-refractivity contribution is 0.0958. The van der Waals surface area contributed by atoms with E-state index in [1.54, 1.807) is 11.8 Å². The monoisotopic (exact) mass is 348 g/mol. The first-order valence-electron chi connectivity index (χ1n) is 7.70. The van der Waals surface area contributed by atoms with Gasteiger partial charge in [0.25, 0.3) is 5.91 Å². The molecule has 0 atom stereocenters. The van der Waals surface area contributed by atoms with Gasteiger partial charge < -0.3 is 5.32 Å². The molecule has 0 fully saturated rings. The average molecular weight is 348 g/mol. The van der Waals surface area contributed by atoms with Gasteiger partial charge in [0.15, 0.2) is 5.16 Å². The number of amides is 1. The Bertz CT molecular complexity index is 865. The zero-order valence-electron chi connectivity index (χ0n) is 13.4. The summed E-state index contributed by atoms with van der Waals surface area (Å²) in [5, 5.41) is 10.2. The fraction of sp³-hybridized carbons (Fsp3) is 0.105. The zero-order valence-corrected chi connectivity index (χ0v) is 14.2. The summed E-state index contributed by atoms with van der Waals surface area (Å²) in [4.78, 5) is 16.2. The number of carbonyl (C=O) groups is 1. The van der Waals surface area contributed by atoms with Crippen molar-refractivity contribution in [3.8, 4) is 11.8 Å². The molecular formula is C19H16N4OS. The van der Waals surface area contributed by atoms with Crippen LogP contribution in [0.1, 0.15) is 21.5 Å². The molecule has 0 unspecified atom stereocenters. The van der Waals surface area contributed by atoms with Crippen molar-refractivity contribution in [3.63, 3.8) is 0 Å². The summed E-state index contributed by atoms with van der Waals surface area (Å²) in [7, 11) is 0. The molecule has 124 valence electrons. The quantitative estimate of drug-likeness (QED) is 0.549. The van der Waals surface area contributed by atoms with E-state index in [2.05, 4.69) is 32.3 Å². The third-order valence-electron chi connectivity index (χ3n) is 3.33. The molecule has 0 bridgehead atoms. The molecule has 0 aliphatic heterocycles. The lowest BCUT2D eigenvalue weighted by Crippen LogP contribution is -2.23. The minimum absolute atomic E-state index is 0.128. The highest BCUT2D eigenvalue weighted by molar-refractivity contribution is 7.98. The molecule has 1 amide bonds. The first kappa shape index (κ1) is 16.8. The fourth-order valence-electron chi connectivity index (χ4n) is 2.06. The summed E-state index contributed by atoms with van der Waals surface area (Å²) in [5.74, 6) is 6.59. The van der Waals surface area contributed by atoms with Gasteiger partial charge in [-0.1, -0.05) is 53.9 Å². The molecule has 1 aromatic heterocycles. The van der Waals surface area contributed by atoms with Gasteiger partial charge in [0.2, 0.25) is 0 Å². The van der Waals surface area contributed by atoms with Crippen molar-refractivity contribution in [2.45, 2.75) is 10.9 Å². The van der Waals surface area contributed by atoms with E-state index >= 15 is 0 Å². The second-order valence-electron chi connectivity index (χ2n) is 5.13. The smallest absolute Gasteiger partial charge is 0.252 e. The van der Waals surface area contributed by atoms with Gasteiger partial charge >= 0.3 is 0 Å². The van der Waals surface area contributed by atoms with Crippen LogP contribution in [-0.2, 0) is 5.75 Å². The van der Waals surface area contributed by atoms with Gasteiger partial charge in [0, 0.05) is 16.9 Å². The predicted octanol–water partition coefficient (Wildman–Crippen LogP) is 2.88. The normalized spacial score (nSPS) is 9.92. The molecule has 1 heterocycles. The third kappa shape index (κ3) is 5.23. The zero-order chi connectivity index (χ0) is 17.3. The number of nitrogens with one attached hydrogen (secondary N) is 2. The van der Waals surface area contributed by atoms with Crippen molar-refractivity contribution >= 4 is 17.7 Å². The molecule has 6 heteroatoms. The Labute approximate surface area is 150 Å². The molecule has 5 nitrogen and oxygen atoms in total. The van der Waals surface area contributed by atoms with E-state index < -0.39 is 0 Å². The van der Waals surface area contributed by atoms with Crippen LogP contribution in [-0.4, -0.2) is 27.6 Å². The summed E-state index contributed by atoms with van der Waals surface area (Å²) in [6.45, 7) is 0.316. The average Bonchev–Trinajstić information content (AvgIpc) is 3.18. The molecule has 25 heavy (non-hydrogen) atoms. The maximum Gasteiger partial charge on any atom is 0.252 e. The van der Waals surface area contributed by atoms with E-state index in [0.717, 1.165) is 22.0 Å². The number of rotatable bonds is 5. The summed E-state index contributed by atoms with van der Waals surface area (Å²) in [6.07, 6.45) is 1.48. The van der Waals surface area contributed by atoms with Gasteiger partial charge in [0.1, 0.15) is 6.33 Å². The predicted molar refractivity (Wildman–Crippen MR) is 98.0 cm³/mol. The van der Waals surface area contributed by atoms with Crippen molar-refractivity contribution in [1.29, 1.82) is 0 Å². The van der Waals surface area contributed by atoms with Crippen LogP contribution in [0.5, 0.6) is 0 Å². The second-order valence-corrected chi connectivity index (χ2v) is 6.09. The topological polar surface area (TPSA) is 70.7 Å². The van der Waals surface area contributed by atoms with Crippen LogP contribution >= 0.6 is 11.8 Å². The standard InChI is InChI=1S/C19H16N4OS/c24-18(20-12-4-7-15-5-2-1-3-6-15)17-10-8-16(9-11-17)13-25-19-21-14-22-23-19/h1-3,5-6,8-11,14H,12-13H2,(H,20,24)(H,21,22,23). The van der Waals surface area contributed by atoms with Gasteiger partial charge in [-0.25, -0.2) is 4.98 Å². The van der Waals surface area contributed by atoms with Crippen LogP contribution in [0.4, 0.5) is 0 Å². The number of thioether (sulfide) groups is 1. The highest BCUT2D eigenvalue weighted by Gasteiger charge is 2.04. The van der Waals surface area contributed by atoms with E-state index in [-0.39, 0.29) is 5.91 Å². The van der Waals surface area contributed by atoms with Crippen LogP contribution in [0, 0.1) is 11.8 Å². The number of nitrogens with zero attached hydrogens (tertiary/aromatic N) is 2. The van der Waals surface area contributed by atoms with E-state index in [0.29, 0.717) is 12.1 Å². The number of H-pyrrole nitrogens is 1. The van der Waals surface area contributed by atoms with Crippen LogP contribution in [0.3, 0.4) is 0 Å². The van der Waals surface area contributed by atoms with Crippen molar-refractivity contribution in [2.24, 2.45) is 0 Å². The Morgan fingerprint density at radius 3 is 2.64 bits per heavy atom. The lowest BCUT2D eigenvalue weighted by Gasteiger charge is -2.03. The first-order valence-corrected chi connectivity index (χ1v) is 8.69. The molecule has 0 radical (unpaired) electrons. The molecule has 0 spiro atoms. The summed E-state index contributed by atoms with van der Waals surface area (Å²) in [6, 6.07) is 17.2. The maximum absolute atomic E-state index is 12.1. The van der Waals surface area contributed by atoms with Crippen LogP contribution in [0.25, 0.3) is 0 Å². The fourth-order valence-corrected chi connectivity index (χ4v) is 2.80. The van der Waals surface area contributed by atoms with Gasteiger partial charge in [0.05, 0.1) is 6.54 Å². The number of hydrogen-bond acceptors (Lipinski definition) is 4. The van der Waals surface area contributed by atoms with E-state index in [1.165, 1.54) is 6.33 Å². The Hall–Kier alpha value is -3.04. The molecule has 0 aliphatic rings. The largest absolute Gasteiger partial charge is 0.341 e. The number of aromatic amines is 1. The first-order chi connectivity index (χ1) is 12.3. The van der Waals surface area contributed by atoms with Crippen molar-refractivity contribution in [2.75, 3.05) is 6.54 Å². The third-order valence-corrected chi connectivity index (χ3v) is 4.28. The van der Waals surface area contributed by atoms with Gasteiger partial charge in [-0.2, -0.15) is 5.10 Å². The molecule has 2 N–H and O–H groups in total. The molecule has 0 aliphatic carbocycles. The lowest BCUT2D eigenvalue weighted by atomic mass is 10.1. The molecule has 2 aromatic carbocycles. The molecule has 3 aromatic rings. The van der Waals surface area contributed by atoms with Gasteiger partial charge in [-0.15, -0.1) is 0 Å². The minimum atomic E-state index is -0.128. The summed E-state index contributed by atoms with van der Waals surface area (Å²) in [5.41, 5.74) is 2.67. The Kier molecular flexibility index (Phi) is 5.86.